The molecule has 0 fully saturated rings. The standard InChI is InChI=1S/C21H18N2O5S2/c1-29(24,25)19-14-23(30(26,27)17-10-6-3-7-11-17)21-18(19)12-13-20(22-21)28-15-16-8-4-2-5-9-16/h2-14H,15H2,1H3. The van der Waals surface area contributed by atoms with Crippen molar-refractivity contribution >= 4 is 30.9 Å². The van der Waals surface area contributed by atoms with E-state index < -0.39 is 19.9 Å². The van der Waals surface area contributed by atoms with Crippen molar-refractivity contribution in [3.05, 3.63) is 84.6 Å². The number of hydrogen-bond acceptors (Lipinski definition) is 6. The molecule has 0 saturated carbocycles. The fraction of sp³-hybridized carbons (Fsp3) is 0.0952. The number of ether oxygens (including phenoxy) is 1. The molecule has 2 aromatic heterocycles. The van der Waals surface area contributed by atoms with Crippen LogP contribution >= 0.6 is 0 Å². The molecule has 4 aromatic rings. The number of fused-ring (bicyclic) bond motifs is 1. The molecule has 4 rings (SSSR count). The van der Waals surface area contributed by atoms with Gasteiger partial charge in [0.25, 0.3) is 10.0 Å². The molecule has 30 heavy (non-hydrogen) atoms. The molecule has 0 bridgehead atoms. The Morgan fingerprint density at radius 3 is 2.13 bits per heavy atom. The number of benzene rings is 2. The summed E-state index contributed by atoms with van der Waals surface area (Å²) in [4.78, 5) is 4.23. The quantitative estimate of drug-likeness (QED) is 0.455. The number of pyridine rings is 1. The van der Waals surface area contributed by atoms with E-state index in [2.05, 4.69) is 4.98 Å². The van der Waals surface area contributed by atoms with Crippen LogP contribution in [0.3, 0.4) is 0 Å². The van der Waals surface area contributed by atoms with Crippen LogP contribution in [0.2, 0.25) is 0 Å². The molecule has 0 unspecified atom stereocenters. The SMILES string of the molecule is CS(=O)(=O)c1cn(S(=O)(=O)c2ccccc2)c2nc(OCc3ccccc3)ccc12. The summed E-state index contributed by atoms with van der Waals surface area (Å²) < 4.78 is 57.4. The van der Waals surface area contributed by atoms with Gasteiger partial charge in [-0.2, -0.15) is 4.98 Å². The summed E-state index contributed by atoms with van der Waals surface area (Å²) in [6.45, 7) is 0.241. The molecule has 7 nitrogen and oxygen atoms in total. The minimum atomic E-state index is -4.05. The van der Waals surface area contributed by atoms with Crippen molar-refractivity contribution in [2.75, 3.05) is 6.26 Å². The van der Waals surface area contributed by atoms with Crippen molar-refractivity contribution in [3.8, 4) is 5.88 Å². The number of hydrogen-bond donors (Lipinski definition) is 0. The number of aromatic nitrogens is 2. The maximum absolute atomic E-state index is 13.2. The fourth-order valence-electron chi connectivity index (χ4n) is 3.03. The average Bonchev–Trinajstić information content (AvgIpc) is 3.14. The molecule has 0 aliphatic rings. The summed E-state index contributed by atoms with van der Waals surface area (Å²) in [5.74, 6) is 0.189. The summed E-state index contributed by atoms with van der Waals surface area (Å²) >= 11 is 0. The lowest BCUT2D eigenvalue weighted by atomic mass is 10.2. The van der Waals surface area contributed by atoms with Gasteiger partial charge in [0.2, 0.25) is 5.88 Å². The van der Waals surface area contributed by atoms with Gasteiger partial charge < -0.3 is 4.74 Å². The molecule has 9 heteroatoms. The second kappa shape index (κ2) is 7.58. The zero-order valence-electron chi connectivity index (χ0n) is 16.0. The third-order valence-corrected chi connectivity index (χ3v) is 7.28. The number of rotatable bonds is 6. The van der Waals surface area contributed by atoms with Gasteiger partial charge in [0.1, 0.15) is 6.61 Å². The predicted molar refractivity (Wildman–Crippen MR) is 113 cm³/mol. The van der Waals surface area contributed by atoms with Crippen molar-refractivity contribution in [2.45, 2.75) is 16.4 Å². The summed E-state index contributed by atoms with van der Waals surface area (Å²) in [6.07, 6.45) is 2.12. The Labute approximate surface area is 174 Å². The Bertz CT molecular complexity index is 1410. The highest BCUT2D eigenvalue weighted by Crippen LogP contribution is 2.29. The molecule has 0 aliphatic heterocycles. The average molecular weight is 443 g/mol. The van der Waals surface area contributed by atoms with Gasteiger partial charge in [-0.1, -0.05) is 48.5 Å². The largest absolute Gasteiger partial charge is 0.473 e. The van der Waals surface area contributed by atoms with Crippen LogP contribution in [0.5, 0.6) is 5.88 Å². The van der Waals surface area contributed by atoms with Gasteiger partial charge >= 0.3 is 0 Å². The molecule has 0 saturated heterocycles. The van der Waals surface area contributed by atoms with Gasteiger partial charge in [0.15, 0.2) is 15.5 Å². The molecule has 154 valence electrons. The minimum Gasteiger partial charge on any atom is -0.473 e. The van der Waals surface area contributed by atoms with Crippen molar-refractivity contribution in [3.63, 3.8) is 0 Å². The van der Waals surface area contributed by atoms with Gasteiger partial charge in [-0.25, -0.2) is 20.8 Å². The van der Waals surface area contributed by atoms with E-state index in [9.17, 15) is 16.8 Å². The van der Waals surface area contributed by atoms with Gasteiger partial charge in [-0.3, -0.25) is 0 Å². The van der Waals surface area contributed by atoms with E-state index in [1.807, 2.05) is 30.3 Å². The van der Waals surface area contributed by atoms with Gasteiger partial charge in [-0.05, 0) is 23.8 Å². The summed E-state index contributed by atoms with van der Waals surface area (Å²) in [7, 11) is -7.74. The van der Waals surface area contributed by atoms with Gasteiger partial charge in [0.05, 0.1) is 9.79 Å². The van der Waals surface area contributed by atoms with Crippen molar-refractivity contribution in [2.24, 2.45) is 0 Å². The lowest BCUT2D eigenvalue weighted by Crippen LogP contribution is -2.12. The van der Waals surface area contributed by atoms with Crippen LogP contribution < -0.4 is 4.74 Å². The van der Waals surface area contributed by atoms with Crippen LogP contribution in [-0.4, -0.2) is 32.0 Å². The third kappa shape index (κ3) is 3.81. The van der Waals surface area contributed by atoms with E-state index in [4.69, 9.17) is 4.74 Å². The first-order valence-corrected chi connectivity index (χ1v) is 12.3. The monoisotopic (exact) mass is 442 g/mol. The fourth-order valence-corrected chi connectivity index (χ4v) is 5.29. The lowest BCUT2D eigenvalue weighted by Gasteiger charge is -2.08. The van der Waals surface area contributed by atoms with E-state index in [1.165, 1.54) is 24.3 Å². The second-order valence-corrected chi connectivity index (χ2v) is 10.5. The maximum atomic E-state index is 13.2. The van der Waals surface area contributed by atoms with E-state index in [1.54, 1.807) is 18.2 Å². The molecule has 0 amide bonds. The summed E-state index contributed by atoms with van der Waals surface area (Å²) in [5.41, 5.74) is 0.911. The smallest absolute Gasteiger partial charge is 0.269 e. The van der Waals surface area contributed by atoms with Crippen LogP contribution in [0.4, 0.5) is 0 Å². The Balaban J connectivity index is 1.84. The molecule has 0 N–H and O–H groups in total. The predicted octanol–water partition coefficient (Wildman–Crippen LogP) is 3.26. The van der Waals surface area contributed by atoms with E-state index >= 15 is 0 Å². The normalized spacial score (nSPS) is 12.2. The van der Waals surface area contributed by atoms with Crippen LogP contribution in [0, 0.1) is 0 Å². The molecule has 2 heterocycles. The number of nitrogens with zero attached hydrogens (tertiary/aromatic N) is 2. The molecule has 0 spiro atoms. The summed E-state index contributed by atoms with van der Waals surface area (Å²) in [6, 6.07) is 20.2. The van der Waals surface area contributed by atoms with Crippen LogP contribution in [-0.2, 0) is 26.5 Å². The van der Waals surface area contributed by atoms with E-state index in [0.717, 1.165) is 22.0 Å². The zero-order valence-corrected chi connectivity index (χ0v) is 17.6. The Kier molecular flexibility index (Phi) is 5.08. The molecule has 0 radical (unpaired) electrons. The summed E-state index contributed by atoms with van der Waals surface area (Å²) in [5, 5.41) is 0.212. The lowest BCUT2D eigenvalue weighted by molar-refractivity contribution is 0.295. The first-order chi connectivity index (χ1) is 14.3. The van der Waals surface area contributed by atoms with Crippen LogP contribution in [0.25, 0.3) is 11.0 Å². The zero-order chi connectivity index (χ0) is 21.4. The molecular formula is C21H18N2O5S2. The molecular weight excluding hydrogens is 424 g/mol. The first-order valence-electron chi connectivity index (χ1n) is 8.96. The van der Waals surface area contributed by atoms with Crippen molar-refractivity contribution in [1.29, 1.82) is 0 Å². The second-order valence-electron chi connectivity index (χ2n) is 6.67. The molecule has 2 aromatic carbocycles. The highest BCUT2D eigenvalue weighted by molar-refractivity contribution is 7.91. The Morgan fingerprint density at radius 1 is 0.867 bits per heavy atom. The van der Waals surface area contributed by atoms with E-state index in [-0.39, 0.29) is 33.3 Å². The Hall–Kier alpha value is -3.17. The van der Waals surface area contributed by atoms with Crippen LogP contribution in [0.1, 0.15) is 5.56 Å². The van der Waals surface area contributed by atoms with Gasteiger partial charge in [0, 0.05) is 23.9 Å². The van der Waals surface area contributed by atoms with Crippen LogP contribution in [0.15, 0.2) is 88.8 Å². The highest BCUT2D eigenvalue weighted by atomic mass is 32.2. The minimum absolute atomic E-state index is 0.00941. The van der Waals surface area contributed by atoms with Crippen molar-refractivity contribution < 1.29 is 21.6 Å². The highest BCUT2D eigenvalue weighted by Gasteiger charge is 2.26. The van der Waals surface area contributed by atoms with Gasteiger partial charge in [-0.15, -0.1) is 0 Å². The Morgan fingerprint density at radius 2 is 1.50 bits per heavy atom. The topological polar surface area (TPSA) is 95.3 Å². The molecule has 0 aliphatic carbocycles. The van der Waals surface area contributed by atoms with Crippen molar-refractivity contribution in [1.82, 2.24) is 8.96 Å². The first kappa shape index (κ1) is 20.1. The van der Waals surface area contributed by atoms with E-state index in [0.29, 0.717) is 0 Å². The molecule has 0 atom stereocenters. The number of sulfone groups is 1. The third-order valence-electron chi connectivity index (χ3n) is 4.49. The maximum Gasteiger partial charge on any atom is 0.269 e.